The number of nitrogens with two attached hydrogens (primary N) is 1. The molecule has 2 aliphatic heterocycles. The van der Waals surface area contributed by atoms with Crippen LogP contribution in [0.1, 0.15) is 25.8 Å². The number of hydrogen-bond acceptors (Lipinski definition) is 3. The lowest BCUT2D eigenvalue weighted by Gasteiger charge is -2.48. The topological polar surface area (TPSA) is 86.9 Å². The normalized spacial score (nSPS) is 23.5. The Morgan fingerprint density at radius 2 is 1.92 bits per heavy atom. The van der Waals surface area contributed by atoms with Gasteiger partial charge in [-0.15, -0.1) is 0 Å². The Bertz CT molecular complexity index is 736. The van der Waals surface area contributed by atoms with Crippen LogP contribution in [0.2, 0.25) is 5.02 Å². The molecule has 0 radical (unpaired) electrons. The van der Waals surface area contributed by atoms with E-state index in [1.807, 2.05) is 26.0 Å². The van der Waals surface area contributed by atoms with Crippen molar-refractivity contribution in [2.45, 2.75) is 38.4 Å². The largest absolute Gasteiger partial charge is 0.351 e. The molecule has 1 aromatic rings. The molecule has 26 heavy (non-hydrogen) atoms. The van der Waals surface area contributed by atoms with Crippen LogP contribution in [-0.4, -0.2) is 63.8 Å². The molecular formula is C18H23ClN4O3. The lowest BCUT2D eigenvalue weighted by Crippen LogP contribution is -2.69. The second-order valence-corrected chi connectivity index (χ2v) is 7.61. The number of urea groups is 1. The van der Waals surface area contributed by atoms with Crippen molar-refractivity contribution in [2.24, 2.45) is 5.73 Å². The van der Waals surface area contributed by atoms with Crippen molar-refractivity contribution >= 4 is 29.4 Å². The van der Waals surface area contributed by atoms with Crippen molar-refractivity contribution in [2.75, 3.05) is 19.6 Å². The smallest absolute Gasteiger partial charge is 0.314 e. The minimum absolute atomic E-state index is 0.0441. The number of piperazine rings is 1. The number of amides is 4. The predicted octanol–water partition coefficient (Wildman–Crippen LogP) is 1.44. The first-order valence-corrected chi connectivity index (χ1v) is 9.03. The van der Waals surface area contributed by atoms with Crippen LogP contribution in [0.3, 0.4) is 0 Å². The molecule has 8 heteroatoms. The van der Waals surface area contributed by atoms with Gasteiger partial charge in [-0.2, -0.15) is 0 Å². The highest BCUT2D eigenvalue weighted by Gasteiger charge is 2.56. The van der Waals surface area contributed by atoms with E-state index < -0.39 is 11.6 Å². The van der Waals surface area contributed by atoms with E-state index in [1.54, 1.807) is 21.9 Å². The highest BCUT2D eigenvalue weighted by atomic mass is 35.5. The maximum atomic E-state index is 13.3. The molecule has 7 nitrogen and oxygen atoms in total. The van der Waals surface area contributed by atoms with Gasteiger partial charge in [-0.3, -0.25) is 9.59 Å². The summed E-state index contributed by atoms with van der Waals surface area (Å²) in [6, 6.07) is 6.51. The summed E-state index contributed by atoms with van der Waals surface area (Å²) in [5, 5.41) is 0.608. The zero-order chi connectivity index (χ0) is 19.1. The van der Waals surface area contributed by atoms with Gasteiger partial charge < -0.3 is 20.4 Å². The number of halogens is 1. The van der Waals surface area contributed by atoms with Crippen LogP contribution >= 0.6 is 11.6 Å². The number of rotatable bonds is 3. The summed E-state index contributed by atoms with van der Waals surface area (Å²) < 4.78 is 0. The van der Waals surface area contributed by atoms with E-state index in [-0.39, 0.29) is 30.9 Å². The van der Waals surface area contributed by atoms with Gasteiger partial charge in [0.1, 0.15) is 12.1 Å². The molecule has 1 atom stereocenters. The molecule has 0 aromatic heterocycles. The van der Waals surface area contributed by atoms with Gasteiger partial charge >= 0.3 is 6.03 Å². The molecule has 1 aromatic carbocycles. The number of nitrogens with zero attached hydrogens (tertiary/aromatic N) is 3. The van der Waals surface area contributed by atoms with Gasteiger partial charge in [0.25, 0.3) is 5.91 Å². The van der Waals surface area contributed by atoms with Crippen molar-refractivity contribution in [3.63, 3.8) is 0 Å². The summed E-state index contributed by atoms with van der Waals surface area (Å²) in [6.45, 7) is 4.59. The molecule has 1 spiro atoms. The van der Waals surface area contributed by atoms with Crippen molar-refractivity contribution in [3.05, 3.63) is 34.9 Å². The van der Waals surface area contributed by atoms with Crippen LogP contribution in [0.25, 0.3) is 0 Å². The van der Waals surface area contributed by atoms with Gasteiger partial charge in [0.05, 0.1) is 6.54 Å². The highest BCUT2D eigenvalue weighted by molar-refractivity contribution is 6.30. The summed E-state index contributed by atoms with van der Waals surface area (Å²) in [7, 11) is 0. The average molecular weight is 379 g/mol. The lowest BCUT2D eigenvalue weighted by molar-refractivity contribution is -0.166. The molecule has 0 bridgehead atoms. The number of primary amides is 1. The van der Waals surface area contributed by atoms with E-state index in [0.717, 1.165) is 5.56 Å². The Morgan fingerprint density at radius 1 is 1.27 bits per heavy atom. The van der Waals surface area contributed by atoms with Crippen LogP contribution in [0.4, 0.5) is 4.79 Å². The Balaban J connectivity index is 1.97. The van der Waals surface area contributed by atoms with Crippen LogP contribution < -0.4 is 5.73 Å². The lowest BCUT2D eigenvalue weighted by atomic mass is 9.89. The molecule has 2 saturated heterocycles. The van der Waals surface area contributed by atoms with Crippen LogP contribution in [0, 0.1) is 0 Å². The molecular weight excluding hydrogens is 356 g/mol. The van der Waals surface area contributed by atoms with Crippen molar-refractivity contribution in [1.29, 1.82) is 0 Å². The molecule has 2 aliphatic rings. The summed E-state index contributed by atoms with van der Waals surface area (Å²) >= 11 is 5.94. The summed E-state index contributed by atoms with van der Waals surface area (Å²) in [4.78, 5) is 42.5. The quantitative estimate of drug-likeness (QED) is 0.863. The third kappa shape index (κ3) is 3.11. The third-order valence-corrected chi connectivity index (χ3v) is 5.47. The van der Waals surface area contributed by atoms with Gasteiger partial charge in [0, 0.05) is 24.2 Å². The van der Waals surface area contributed by atoms with Gasteiger partial charge in [0.15, 0.2) is 0 Å². The van der Waals surface area contributed by atoms with Crippen molar-refractivity contribution < 1.29 is 14.4 Å². The Labute approximate surface area is 157 Å². The summed E-state index contributed by atoms with van der Waals surface area (Å²) in [5.41, 5.74) is 5.24. The molecule has 0 unspecified atom stereocenters. The molecule has 4 amide bonds. The first-order chi connectivity index (χ1) is 12.2. The highest BCUT2D eigenvalue weighted by Crippen LogP contribution is 2.35. The summed E-state index contributed by atoms with van der Waals surface area (Å²) in [5.74, 6) is -0.246. The van der Waals surface area contributed by atoms with Crippen LogP contribution in [0.5, 0.6) is 0 Å². The molecule has 140 valence electrons. The molecule has 2 fully saturated rings. The zero-order valence-corrected chi connectivity index (χ0v) is 15.7. The molecule has 0 aliphatic carbocycles. The average Bonchev–Trinajstić information content (AvgIpc) is 3.03. The predicted molar refractivity (Wildman–Crippen MR) is 97.4 cm³/mol. The number of hydrogen-bond donors (Lipinski definition) is 1. The first kappa shape index (κ1) is 18.5. The minimum Gasteiger partial charge on any atom is -0.351 e. The first-order valence-electron chi connectivity index (χ1n) is 8.65. The third-order valence-electron chi connectivity index (χ3n) is 5.22. The maximum Gasteiger partial charge on any atom is 0.314 e. The standard InChI is InChI=1S/C18H23ClN4O3/c1-12(2)22-10-15(24)23(9-13-3-5-14(19)6-4-13)18(16(22)25)7-8-21(11-18)17(20)26/h3-6,12H,7-11H2,1-2H3,(H2,20,26)/t18-/m1/s1. The molecule has 2 N–H and O–H groups in total. The Morgan fingerprint density at radius 3 is 2.46 bits per heavy atom. The fourth-order valence-corrected chi connectivity index (χ4v) is 3.86. The molecule has 0 saturated carbocycles. The summed E-state index contributed by atoms with van der Waals surface area (Å²) in [6.07, 6.45) is 0.386. The van der Waals surface area contributed by atoms with Crippen molar-refractivity contribution in [3.8, 4) is 0 Å². The van der Waals surface area contributed by atoms with Gasteiger partial charge in [-0.05, 0) is 38.0 Å². The second kappa shape index (κ2) is 6.79. The van der Waals surface area contributed by atoms with E-state index in [4.69, 9.17) is 17.3 Å². The number of carbonyl (C=O) groups excluding carboxylic acids is 3. The maximum absolute atomic E-state index is 13.3. The van der Waals surface area contributed by atoms with E-state index in [1.165, 1.54) is 4.90 Å². The molecule has 3 rings (SSSR count). The van der Waals surface area contributed by atoms with Crippen LogP contribution in [-0.2, 0) is 16.1 Å². The van der Waals surface area contributed by atoms with E-state index >= 15 is 0 Å². The van der Waals surface area contributed by atoms with E-state index in [9.17, 15) is 14.4 Å². The van der Waals surface area contributed by atoms with Gasteiger partial charge in [0.2, 0.25) is 5.91 Å². The fraction of sp³-hybridized carbons (Fsp3) is 0.500. The molecule has 2 heterocycles. The monoisotopic (exact) mass is 378 g/mol. The van der Waals surface area contributed by atoms with Crippen molar-refractivity contribution in [1.82, 2.24) is 14.7 Å². The number of carbonyl (C=O) groups is 3. The van der Waals surface area contributed by atoms with E-state index in [2.05, 4.69) is 0 Å². The zero-order valence-electron chi connectivity index (χ0n) is 14.9. The minimum atomic E-state index is -1.06. The van der Waals surface area contributed by atoms with Gasteiger partial charge in [-0.25, -0.2) is 4.79 Å². The number of likely N-dealkylation sites (tertiary alicyclic amines) is 1. The van der Waals surface area contributed by atoms with Crippen LogP contribution in [0.15, 0.2) is 24.3 Å². The van der Waals surface area contributed by atoms with Gasteiger partial charge in [-0.1, -0.05) is 23.7 Å². The van der Waals surface area contributed by atoms with E-state index in [0.29, 0.717) is 24.5 Å². The SMILES string of the molecule is CC(C)N1CC(=O)N(Cc2ccc(Cl)cc2)[C@@]2(CCN(C(N)=O)C2)C1=O. The fourth-order valence-electron chi connectivity index (χ4n) is 3.73. The Kier molecular flexibility index (Phi) is 4.84. The number of benzene rings is 1. The Hall–Kier alpha value is -2.28. The second-order valence-electron chi connectivity index (χ2n) is 7.17.